The molecule has 0 saturated carbocycles. The average Bonchev–Trinajstić information content (AvgIpc) is 3.15. The summed E-state index contributed by atoms with van der Waals surface area (Å²) in [6.45, 7) is 6.77. The van der Waals surface area contributed by atoms with Gasteiger partial charge in [-0.25, -0.2) is 4.68 Å². The molecule has 0 aliphatic carbocycles. The van der Waals surface area contributed by atoms with Gasteiger partial charge in [-0.2, -0.15) is 0 Å². The number of para-hydroxylation sites is 2. The first-order valence-electron chi connectivity index (χ1n) is 9.39. The van der Waals surface area contributed by atoms with Crippen LogP contribution in [0.5, 0.6) is 11.5 Å². The fraction of sp³-hybridized carbons (Fsp3) is 0.556. The molecule has 0 bridgehead atoms. The summed E-state index contributed by atoms with van der Waals surface area (Å²) in [6.07, 6.45) is 0.413. The summed E-state index contributed by atoms with van der Waals surface area (Å²) in [5.41, 5.74) is 0. The quantitative estimate of drug-likeness (QED) is 0.758. The molecule has 9 nitrogen and oxygen atoms in total. The zero-order valence-electron chi connectivity index (χ0n) is 15.5. The Labute approximate surface area is 157 Å². The number of tetrazole rings is 1. The summed E-state index contributed by atoms with van der Waals surface area (Å²) in [6, 6.07) is 7.44. The van der Waals surface area contributed by atoms with Gasteiger partial charge in [-0.05, 0) is 29.0 Å². The number of benzene rings is 1. The molecule has 1 aromatic carbocycles. The van der Waals surface area contributed by atoms with Gasteiger partial charge in [-0.3, -0.25) is 9.69 Å². The standard InChI is InChI=1S/C18H24N6O3/c1-2-7-24-17(19-20-21-24)12-22-8-10-23(11-9-22)18(25)16-13-26-14-5-3-4-6-15(14)27-16/h3-6,16H,2,7-13H2,1H3/t16-/m1/s1. The lowest BCUT2D eigenvalue weighted by Gasteiger charge is -2.36. The number of carbonyl (C=O) groups excluding carboxylic acids is 1. The average molecular weight is 372 g/mol. The normalized spacial score (nSPS) is 19.9. The molecule has 2 aliphatic rings. The lowest BCUT2D eigenvalue weighted by atomic mass is 10.2. The summed E-state index contributed by atoms with van der Waals surface area (Å²) in [7, 11) is 0. The van der Waals surface area contributed by atoms with Crippen molar-refractivity contribution in [1.29, 1.82) is 0 Å². The van der Waals surface area contributed by atoms with Crippen molar-refractivity contribution in [2.75, 3.05) is 32.8 Å². The van der Waals surface area contributed by atoms with Crippen LogP contribution in [0.1, 0.15) is 19.2 Å². The molecule has 1 atom stereocenters. The fourth-order valence-corrected chi connectivity index (χ4v) is 3.39. The third-order valence-electron chi connectivity index (χ3n) is 4.87. The van der Waals surface area contributed by atoms with Crippen LogP contribution in [-0.4, -0.2) is 74.8 Å². The molecule has 0 unspecified atom stereocenters. The molecule has 27 heavy (non-hydrogen) atoms. The molecule has 1 saturated heterocycles. The third-order valence-corrected chi connectivity index (χ3v) is 4.87. The van der Waals surface area contributed by atoms with E-state index < -0.39 is 6.10 Å². The molecule has 2 aromatic rings. The van der Waals surface area contributed by atoms with E-state index in [1.165, 1.54) is 0 Å². The minimum Gasteiger partial charge on any atom is -0.485 e. The number of carbonyl (C=O) groups is 1. The number of rotatable bonds is 5. The number of aryl methyl sites for hydroxylation is 1. The van der Waals surface area contributed by atoms with E-state index >= 15 is 0 Å². The second kappa shape index (κ2) is 7.91. The van der Waals surface area contributed by atoms with Gasteiger partial charge in [0.05, 0.1) is 6.54 Å². The molecule has 0 spiro atoms. The maximum Gasteiger partial charge on any atom is 0.267 e. The highest BCUT2D eigenvalue weighted by Crippen LogP contribution is 2.31. The number of nitrogens with zero attached hydrogens (tertiary/aromatic N) is 6. The molecule has 1 fully saturated rings. The maximum atomic E-state index is 12.8. The lowest BCUT2D eigenvalue weighted by molar-refractivity contribution is -0.143. The predicted octanol–water partition coefficient (Wildman–Crippen LogP) is 0.567. The van der Waals surface area contributed by atoms with E-state index in [4.69, 9.17) is 9.47 Å². The largest absolute Gasteiger partial charge is 0.485 e. The van der Waals surface area contributed by atoms with Crippen molar-refractivity contribution in [1.82, 2.24) is 30.0 Å². The van der Waals surface area contributed by atoms with Crippen molar-refractivity contribution in [2.24, 2.45) is 0 Å². The van der Waals surface area contributed by atoms with E-state index in [1.54, 1.807) is 0 Å². The molecule has 2 aliphatic heterocycles. The van der Waals surface area contributed by atoms with Gasteiger partial charge in [0.15, 0.2) is 17.3 Å². The van der Waals surface area contributed by atoms with Crippen molar-refractivity contribution in [3.63, 3.8) is 0 Å². The number of aromatic nitrogens is 4. The SMILES string of the molecule is CCCn1nnnc1CN1CCN(C(=O)[C@H]2COc3ccccc3O2)CC1. The molecular weight excluding hydrogens is 348 g/mol. The first-order valence-corrected chi connectivity index (χ1v) is 9.39. The molecule has 4 rings (SSSR count). The van der Waals surface area contributed by atoms with Gasteiger partial charge in [-0.15, -0.1) is 5.10 Å². The lowest BCUT2D eigenvalue weighted by Crippen LogP contribution is -2.53. The van der Waals surface area contributed by atoms with E-state index in [2.05, 4.69) is 27.3 Å². The molecule has 144 valence electrons. The molecule has 0 radical (unpaired) electrons. The van der Waals surface area contributed by atoms with Crippen LogP contribution in [0.4, 0.5) is 0 Å². The highest BCUT2D eigenvalue weighted by Gasteiger charge is 2.32. The van der Waals surface area contributed by atoms with E-state index in [9.17, 15) is 4.79 Å². The monoisotopic (exact) mass is 372 g/mol. The van der Waals surface area contributed by atoms with E-state index in [0.29, 0.717) is 31.1 Å². The Morgan fingerprint density at radius 2 is 1.96 bits per heavy atom. The highest BCUT2D eigenvalue weighted by molar-refractivity contribution is 5.82. The number of hydrogen-bond donors (Lipinski definition) is 0. The second-order valence-electron chi connectivity index (χ2n) is 6.78. The number of ether oxygens (including phenoxy) is 2. The van der Waals surface area contributed by atoms with Crippen LogP contribution in [0.15, 0.2) is 24.3 Å². The highest BCUT2D eigenvalue weighted by atomic mass is 16.6. The third kappa shape index (κ3) is 3.87. The van der Waals surface area contributed by atoms with Crippen LogP contribution in [0, 0.1) is 0 Å². The zero-order chi connectivity index (χ0) is 18.6. The van der Waals surface area contributed by atoms with Gasteiger partial charge in [0, 0.05) is 32.7 Å². The number of piperazine rings is 1. The van der Waals surface area contributed by atoms with Gasteiger partial charge in [0.2, 0.25) is 6.10 Å². The van der Waals surface area contributed by atoms with E-state index in [1.807, 2.05) is 33.8 Å². The Kier molecular flexibility index (Phi) is 5.19. The Balaban J connectivity index is 1.30. The number of fused-ring (bicyclic) bond motifs is 1. The van der Waals surface area contributed by atoms with Crippen molar-refractivity contribution in [2.45, 2.75) is 32.5 Å². The van der Waals surface area contributed by atoms with Gasteiger partial charge in [-0.1, -0.05) is 19.1 Å². The Hall–Kier alpha value is -2.68. The van der Waals surface area contributed by atoms with Crippen LogP contribution in [0.3, 0.4) is 0 Å². The molecule has 1 amide bonds. The topological polar surface area (TPSA) is 85.6 Å². The van der Waals surface area contributed by atoms with Gasteiger partial charge >= 0.3 is 0 Å². The molecular formula is C18H24N6O3. The van der Waals surface area contributed by atoms with Crippen LogP contribution in [0.2, 0.25) is 0 Å². The zero-order valence-corrected chi connectivity index (χ0v) is 15.5. The van der Waals surface area contributed by atoms with Crippen LogP contribution >= 0.6 is 0 Å². The molecule has 9 heteroatoms. The van der Waals surface area contributed by atoms with Gasteiger partial charge in [0.1, 0.15) is 6.61 Å². The van der Waals surface area contributed by atoms with Gasteiger partial charge < -0.3 is 14.4 Å². The van der Waals surface area contributed by atoms with Crippen molar-refractivity contribution in [3.8, 4) is 11.5 Å². The first-order chi connectivity index (χ1) is 13.2. The van der Waals surface area contributed by atoms with Crippen molar-refractivity contribution in [3.05, 3.63) is 30.1 Å². The van der Waals surface area contributed by atoms with Crippen LogP contribution in [-0.2, 0) is 17.9 Å². The Morgan fingerprint density at radius 1 is 1.19 bits per heavy atom. The van der Waals surface area contributed by atoms with Crippen LogP contribution < -0.4 is 9.47 Å². The summed E-state index contributed by atoms with van der Waals surface area (Å²) >= 11 is 0. The molecule has 1 aromatic heterocycles. The minimum absolute atomic E-state index is 0.0139. The van der Waals surface area contributed by atoms with E-state index in [0.717, 1.165) is 31.9 Å². The first kappa shape index (κ1) is 17.7. The maximum absolute atomic E-state index is 12.8. The fourth-order valence-electron chi connectivity index (χ4n) is 3.39. The number of hydrogen-bond acceptors (Lipinski definition) is 7. The predicted molar refractivity (Wildman–Crippen MR) is 96.3 cm³/mol. The van der Waals surface area contributed by atoms with Crippen molar-refractivity contribution < 1.29 is 14.3 Å². The minimum atomic E-state index is -0.580. The second-order valence-corrected chi connectivity index (χ2v) is 6.78. The number of amides is 1. The van der Waals surface area contributed by atoms with Crippen LogP contribution in [0.25, 0.3) is 0 Å². The molecule has 3 heterocycles. The Bertz CT molecular complexity index is 787. The molecule has 0 N–H and O–H groups in total. The summed E-state index contributed by atoms with van der Waals surface area (Å²) in [4.78, 5) is 16.9. The smallest absolute Gasteiger partial charge is 0.267 e. The Morgan fingerprint density at radius 3 is 2.74 bits per heavy atom. The summed E-state index contributed by atoms with van der Waals surface area (Å²) < 4.78 is 13.4. The van der Waals surface area contributed by atoms with E-state index in [-0.39, 0.29) is 12.5 Å². The van der Waals surface area contributed by atoms with Crippen molar-refractivity contribution >= 4 is 5.91 Å². The summed E-state index contributed by atoms with van der Waals surface area (Å²) in [5, 5.41) is 11.9. The summed E-state index contributed by atoms with van der Waals surface area (Å²) in [5.74, 6) is 2.18. The van der Waals surface area contributed by atoms with Gasteiger partial charge in [0.25, 0.3) is 5.91 Å².